The van der Waals surface area contributed by atoms with Crippen molar-refractivity contribution in [3.05, 3.63) is 51.6 Å². The van der Waals surface area contributed by atoms with Crippen molar-refractivity contribution >= 4 is 39.0 Å². The number of para-hydroxylation sites is 1. The first-order valence-electron chi connectivity index (χ1n) is 5.42. The van der Waals surface area contributed by atoms with Gasteiger partial charge in [0.2, 0.25) is 0 Å². The molecule has 1 aliphatic heterocycles. The molecule has 17 heavy (non-hydrogen) atoms. The van der Waals surface area contributed by atoms with E-state index < -0.39 is 0 Å². The van der Waals surface area contributed by atoms with Gasteiger partial charge in [-0.3, -0.25) is 0 Å². The van der Waals surface area contributed by atoms with Gasteiger partial charge in [-0.2, -0.15) is 0 Å². The normalized spacial score (nSPS) is 13.9. The van der Waals surface area contributed by atoms with Gasteiger partial charge in [-0.05, 0) is 40.0 Å². The van der Waals surface area contributed by atoms with E-state index in [1.54, 1.807) is 6.20 Å². The lowest BCUT2D eigenvalue weighted by Crippen LogP contribution is -2.15. The molecule has 0 N–H and O–H groups in total. The van der Waals surface area contributed by atoms with Crippen LogP contribution in [0.4, 0.5) is 11.5 Å². The van der Waals surface area contributed by atoms with Crippen LogP contribution in [0.15, 0.2) is 41.0 Å². The van der Waals surface area contributed by atoms with Gasteiger partial charge in [0.1, 0.15) is 0 Å². The topological polar surface area (TPSA) is 16.1 Å². The Morgan fingerprint density at radius 3 is 2.94 bits per heavy atom. The van der Waals surface area contributed by atoms with Crippen LogP contribution in [0.25, 0.3) is 0 Å². The Morgan fingerprint density at radius 2 is 2.12 bits per heavy atom. The fourth-order valence-electron chi connectivity index (χ4n) is 2.16. The van der Waals surface area contributed by atoms with Crippen LogP contribution in [-0.4, -0.2) is 11.5 Å². The fraction of sp³-hybridized carbons (Fsp3) is 0.154. The van der Waals surface area contributed by atoms with Gasteiger partial charge in [0.15, 0.2) is 5.82 Å². The molecule has 0 unspecified atom stereocenters. The molecular formula is C13H10BrClN2. The minimum Gasteiger partial charge on any atom is -0.325 e. The van der Waals surface area contributed by atoms with Crippen LogP contribution in [-0.2, 0) is 6.42 Å². The molecule has 0 aliphatic carbocycles. The molecular weight excluding hydrogens is 300 g/mol. The third kappa shape index (κ3) is 1.94. The van der Waals surface area contributed by atoms with Crippen molar-refractivity contribution in [1.29, 1.82) is 0 Å². The zero-order chi connectivity index (χ0) is 11.8. The van der Waals surface area contributed by atoms with Gasteiger partial charge in [-0.25, -0.2) is 4.98 Å². The number of rotatable bonds is 1. The Kier molecular flexibility index (Phi) is 2.81. The number of pyridine rings is 1. The first-order chi connectivity index (χ1) is 8.25. The molecule has 3 rings (SSSR count). The zero-order valence-corrected chi connectivity index (χ0v) is 11.4. The summed E-state index contributed by atoms with van der Waals surface area (Å²) in [5.41, 5.74) is 2.57. The number of hydrogen-bond acceptors (Lipinski definition) is 2. The summed E-state index contributed by atoms with van der Waals surface area (Å²) in [7, 11) is 0. The molecule has 0 spiro atoms. The molecule has 0 amide bonds. The van der Waals surface area contributed by atoms with Gasteiger partial charge in [-0.1, -0.05) is 29.8 Å². The number of hydrogen-bond donors (Lipinski definition) is 0. The fourth-order valence-corrected chi connectivity index (χ4v) is 2.90. The van der Waals surface area contributed by atoms with Crippen LogP contribution in [0, 0.1) is 0 Å². The minimum atomic E-state index is 0.677. The van der Waals surface area contributed by atoms with E-state index in [-0.39, 0.29) is 0 Å². The van der Waals surface area contributed by atoms with Crippen LogP contribution >= 0.6 is 27.5 Å². The molecule has 0 fully saturated rings. The maximum absolute atomic E-state index is 6.24. The van der Waals surface area contributed by atoms with Gasteiger partial charge < -0.3 is 4.90 Å². The van der Waals surface area contributed by atoms with Crippen LogP contribution in [0.3, 0.4) is 0 Å². The Balaban J connectivity index is 2.07. The molecule has 4 heteroatoms. The third-order valence-electron chi connectivity index (χ3n) is 2.93. The predicted octanol–water partition coefficient (Wildman–Crippen LogP) is 4.19. The Morgan fingerprint density at radius 1 is 1.29 bits per heavy atom. The first-order valence-corrected chi connectivity index (χ1v) is 6.59. The second-order valence-corrected chi connectivity index (χ2v) is 5.31. The SMILES string of the molecule is Clc1cc(Br)cnc1N1CCc2ccccc21. The number of nitrogens with zero attached hydrogens (tertiary/aromatic N) is 2. The van der Waals surface area contributed by atoms with E-state index in [4.69, 9.17) is 11.6 Å². The molecule has 1 aliphatic rings. The summed E-state index contributed by atoms with van der Waals surface area (Å²) in [5, 5.41) is 0.677. The lowest BCUT2D eigenvalue weighted by atomic mass is 10.2. The highest BCUT2D eigenvalue weighted by atomic mass is 79.9. The summed E-state index contributed by atoms with van der Waals surface area (Å²) < 4.78 is 0.902. The molecule has 2 aromatic rings. The first kappa shape index (κ1) is 11.1. The van der Waals surface area contributed by atoms with Gasteiger partial charge in [-0.15, -0.1) is 0 Å². The van der Waals surface area contributed by atoms with E-state index >= 15 is 0 Å². The quantitative estimate of drug-likeness (QED) is 0.785. The van der Waals surface area contributed by atoms with Crippen molar-refractivity contribution in [3.8, 4) is 0 Å². The average Bonchev–Trinajstić information content (AvgIpc) is 2.73. The number of aromatic nitrogens is 1. The zero-order valence-electron chi connectivity index (χ0n) is 9.03. The highest BCUT2D eigenvalue weighted by Gasteiger charge is 2.22. The second-order valence-electron chi connectivity index (χ2n) is 3.99. The van der Waals surface area contributed by atoms with Crippen LogP contribution in [0.5, 0.6) is 0 Å². The summed E-state index contributed by atoms with van der Waals surface area (Å²) >= 11 is 9.61. The van der Waals surface area contributed by atoms with Crippen LogP contribution in [0.2, 0.25) is 5.02 Å². The van der Waals surface area contributed by atoms with Crippen molar-refractivity contribution < 1.29 is 0 Å². The Hall–Kier alpha value is -1.06. The second kappa shape index (κ2) is 4.31. The number of halogens is 2. The largest absolute Gasteiger partial charge is 0.325 e. The van der Waals surface area contributed by atoms with E-state index in [1.165, 1.54) is 11.3 Å². The molecule has 1 aromatic carbocycles. The van der Waals surface area contributed by atoms with Gasteiger partial charge >= 0.3 is 0 Å². The number of benzene rings is 1. The smallest absolute Gasteiger partial charge is 0.151 e. The van der Waals surface area contributed by atoms with E-state index in [2.05, 4.69) is 44.0 Å². The molecule has 0 saturated carbocycles. The van der Waals surface area contributed by atoms with Crippen molar-refractivity contribution in [3.63, 3.8) is 0 Å². The van der Waals surface area contributed by atoms with E-state index in [1.807, 2.05) is 12.1 Å². The van der Waals surface area contributed by atoms with Crippen molar-refractivity contribution in [1.82, 2.24) is 4.98 Å². The maximum atomic E-state index is 6.24. The van der Waals surface area contributed by atoms with E-state index in [0.29, 0.717) is 5.02 Å². The van der Waals surface area contributed by atoms with Gasteiger partial charge in [0.25, 0.3) is 0 Å². The molecule has 0 saturated heterocycles. The lowest BCUT2D eigenvalue weighted by molar-refractivity contribution is 0.973. The van der Waals surface area contributed by atoms with Gasteiger partial charge in [0, 0.05) is 22.9 Å². The van der Waals surface area contributed by atoms with Crippen molar-refractivity contribution in [2.24, 2.45) is 0 Å². The minimum absolute atomic E-state index is 0.677. The summed E-state index contributed by atoms with van der Waals surface area (Å²) in [4.78, 5) is 6.58. The van der Waals surface area contributed by atoms with E-state index in [9.17, 15) is 0 Å². The molecule has 2 nitrogen and oxygen atoms in total. The molecule has 0 bridgehead atoms. The molecule has 2 heterocycles. The molecule has 1 aromatic heterocycles. The summed E-state index contributed by atoms with van der Waals surface area (Å²) in [6, 6.07) is 10.3. The monoisotopic (exact) mass is 308 g/mol. The third-order valence-corrected chi connectivity index (χ3v) is 3.64. The summed E-state index contributed by atoms with van der Waals surface area (Å²) in [6.45, 7) is 0.938. The Labute approximate surface area is 113 Å². The molecule has 86 valence electrons. The predicted molar refractivity (Wildman–Crippen MR) is 74.1 cm³/mol. The number of fused-ring (bicyclic) bond motifs is 1. The lowest BCUT2D eigenvalue weighted by Gasteiger charge is -2.19. The molecule has 0 radical (unpaired) electrons. The summed E-state index contributed by atoms with van der Waals surface area (Å²) in [6.07, 6.45) is 2.83. The van der Waals surface area contributed by atoms with Crippen molar-refractivity contribution in [2.45, 2.75) is 6.42 Å². The van der Waals surface area contributed by atoms with Crippen molar-refractivity contribution in [2.75, 3.05) is 11.4 Å². The highest BCUT2D eigenvalue weighted by molar-refractivity contribution is 9.10. The van der Waals surface area contributed by atoms with Crippen LogP contribution < -0.4 is 4.90 Å². The summed E-state index contributed by atoms with van der Waals surface area (Å²) in [5.74, 6) is 0.833. The maximum Gasteiger partial charge on any atom is 0.151 e. The Bertz CT molecular complexity index is 571. The van der Waals surface area contributed by atoms with E-state index in [0.717, 1.165) is 23.3 Å². The van der Waals surface area contributed by atoms with Gasteiger partial charge in [0.05, 0.1) is 5.02 Å². The average molecular weight is 310 g/mol. The highest BCUT2D eigenvalue weighted by Crippen LogP contribution is 2.37. The number of anilines is 2. The standard InChI is InChI=1S/C13H10BrClN2/c14-10-7-11(15)13(16-8-10)17-6-5-9-3-1-2-4-12(9)17/h1-4,7-8H,5-6H2. The van der Waals surface area contributed by atoms with Crippen LogP contribution in [0.1, 0.15) is 5.56 Å². The molecule has 0 atom stereocenters.